The number of carbonyl (C=O) groups excluding carboxylic acids is 3. The van der Waals surface area contributed by atoms with Crippen LogP contribution in [0.1, 0.15) is 31.9 Å². The van der Waals surface area contributed by atoms with E-state index in [-0.39, 0.29) is 36.7 Å². The Labute approximate surface area is 195 Å². The number of aliphatic carboxylic acids is 1. The molecule has 0 spiro atoms. The number of nitrogens with one attached hydrogen (secondary N) is 2. The molecular formula is C21H27N5O6S. The van der Waals surface area contributed by atoms with Crippen LogP contribution < -0.4 is 16.4 Å². The van der Waals surface area contributed by atoms with Crippen LogP contribution in [0.15, 0.2) is 35.3 Å². The lowest BCUT2D eigenvalue weighted by atomic mass is 9.89. The van der Waals surface area contributed by atoms with E-state index in [1.54, 1.807) is 44.2 Å². The number of amidine groups is 1. The quantitative estimate of drug-likeness (QED) is 0.216. The van der Waals surface area contributed by atoms with Crippen molar-refractivity contribution in [1.29, 1.82) is 0 Å². The molecule has 3 atom stereocenters. The first kappa shape index (κ1) is 24.5. The molecule has 0 aromatic heterocycles. The van der Waals surface area contributed by atoms with Crippen molar-refractivity contribution < 1.29 is 29.0 Å². The molecule has 0 bridgehead atoms. The van der Waals surface area contributed by atoms with Gasteiger partial charge in [-0.3, -0.25) is 24.3 Å². The molecule has 2 fully saturated rings. The SMILES string of the molecule is COCC(N)=NCC(=O)NC(C(=O)N[C@@]1(C(=O)O)N2C(=O)C[C@H]2SC1(C)C)c1ccccc1. The molecule has 3 amide bonds. The second-order valence-electron chi connectivity index (χ2n) is 8.21. The summed E-state index contributed by atoms with van der Waals surface area (Å²) in [5.41, 5.74) is 4.10. The van der Waals surface area contributed by atoms with Gasteiger partial charge in [-0.05, 0) is 19.4 Å². The van der Waals surface area contributed by atoms with Gasteiger partial charge in [-0.1, -0.05) is 30.3 Å². The zero-order valence-corrected chi connectivity index (χ0v) is 19.3. The van der Waals surface area contributed by atoms with Gasteiger partial charge in [-0.15, -0.1) is 11.8 Å². The molecule has 1 aromatic rings. The van der Waals surface area contributed by atoms with Crippen LogP contribution in [0, 0.1) is 0 Å². The maximum atomic E-state index is 13.4. The Kier molecular flexibility index (Phi) is 6.98. The van der Waals surface area contributed by atoms with E-state index in [1.165, 1.54) is 23.8 Å². The fraction of sp³-hybridized carbons (Fsp3) is 0.476. The van der Waals surface area contributed by atoms with E-state index in [1.807, 2.05) is 0 Å². The Bertz CT molecular complexity index is 985. The highest BCUT2D eigenvalue weighted by molar-refractivity contribution is 8.01. The minimum atomic E-state index is -1.96. The summed E-state index contributed by atoms with van der Waals surface area (Å²) in [6.45, 7) is 3.04. The van der Waals surface area contributed by atoms with E-state index in [9.17, 15) is 24.3 Å². The molecule has 2 saturated heterocycles. The highest BCUT2D eigenvalue weighted by Crippen LogP contribution is 2.55. The normalized spacial score (nSPS) is 24.5. The summed E-state index contributed by atoms with van der Waals surface area (Å²) in [6.07, 6.45) is 0.207. The minimum absolute atomic E-state index is 0.0504. The van der Waals surface area contributed by atoms with Crippen molar-refractivity contribution in [3.8, 4) is 0 Å². The lowest BCUT2D eigenvalue weighted by Gasteiger charge is -2.46. The monoisotopic (exact) mass is 477 g/mol. The number of β-lactam (4-membered cyclic amide) rings is 1. The number of nitrogens with two attached hydrogens (primary N) is 1. The van der Waals surface area contributed by atoms with Crippen LogP contribution in [0.3, 0.4) is 0 Å². The predicted octanol–water partition coefficient (Wildman–Crippen LogP) is -0.172. The molecule has 5 N–H and O–H groups in total. The first-order chi connectivity index (χ1) is 15.5. The molecule has 178 valence electrons. The maximum absolute atomic E-state index is 13.4. The number of carboxylic acid groups (broad SMARTS) is 1. The van der Waals surface area contributed by atoms with Gasteiger partial charge in [0.1, 0.15) is 25.0 Å². The van der Waals surface area contributed by atoms with Crippen LogP contribution in [-0.2, 0) is 23.9 Å². The van der Waals surface area contributed by atoms with Gasteiger partial charge in [0.15, 0.2) is 0 Å². The van der Waals surface area contributed by atoms with Gasteiger partial charge in [-0.25, -0.2) is 4.79 Å². The third kappa shape index (κ3) is 4.53. The van der Waals surface area contributed by atoms with E-state index in [2.05, 4.69) is 15.6 Å². The molecule has 2 aliphatic rings. The first-order valence-corrected chi connectivity index (χ1v) is 11.1. The smallest absolute Gasteiger partial charge is 0.352 e. The van der Waals surface area contributed by atoms with Crippen molar-refractivity contribution in [2.24, 2.45) is 10.7 Å². The summed E-state index contributed by atoms with van der Waals surface area (Å²) < 4.78 is 3.83. The maximum Gasteiger partial charge on any atom is 0.352 e. The molecule has 1 unspecified atom stereocenters. The fourth-order valence-corrected chi connectivity index (χ4v) is 5.69. The third-order valence-electron chi connectivity index (χ3n) is 5.60. The van der Waals surface area contributed by atoms with Gasteiger partial charge >= 0.3 is 5.97 Å². The van der Waals surface area contributed by atoms with Gasteiger partial charge in [0.25, 0.3) is 0 Å². The van der Waals surface area contributed by atoms with Crippen LogP contribution in [0.2, 0.25) is 0 Å². The Morgan fingerprint density at radius 2 is 2.00 bits per heavy atom. The summed E-state index contributed by atoms with van der Waals surface area (Å²) in [5, 5.41) is 15.0. The van der Waals surface area contributed by atoms with Crippen LogP contribution in [-0.4, -0.2) is 75.6 Å². The second-order valence-corrected chi connectivity index (χ2v) is 10.0. The molecule has 1 aromatic carbocycles. The van der Waals surface area contributed by atoms with Crippen molar-refractivity contribution in [3.05, 3.63) is 35.9 Å². The van der Waals surface area contributed by atoms with Crippen LogP contribution >= 0.6 is 11.8 Å². The standard InChI is InChI=1S/C21H27N5O6S/c1-20(2)21(19(30)31,26-15(28)9-16(26)33-20)25-18(29)17(12-7-5-4-6-8-12)24-14(27)10-23-13(22)11-32-3/h4-8,16-17H,9-11H2,1-3H3,(H2,22,23)(H,24,27)(H,25,29)(H,30,31)/t16-,17?,21+/m1/s1. The molecule has 12 heteroatoms. The number of carbonyl (C=O) groups is 4. The molecule has 33 heavy (non-hydrogen) atoms. The van der Waals surface area contributed by atoms with Crippen LogP contribution in [0.4, 0.5) is 0 Å². The zero-order chi connectivity index (χ0) is 24.4. The Morgan fingerprint density at radius 1 is 1.33 bits per heavy atom. The summed E-state index contributed by atoms with van der Waals surface area (Å²) in [5.74, 6) is -2.95. The Morgan fingerprint density at radius 3 is 2.58 bits per heavy atom. The Hall–Kier alpha value is -3.12. The number of methoxy groups -OCH3 is 1. The third-order valence-corrected chi connectivity index (χ3v) is 7.14. The predicted molar refractivity (Wildman–Crippen MR) is 121 cm³/mol. The van der Waals surface area contributed by atoms with Gasteiger partial charge in [-0.2, -0.15) is 0 Å². The number of thioether (sulfide) groups is 1. The first-order valence-electron chi connectivity index (χ1n) is 10.2. The van der Waals surface area contributed by atoms with E-state index in [0.717, 1.165) is 0 Å². The highest BCUT2D eigenvalue weighted by atomic mass is 32.2. The number of rotatable bonds is 9. The van der Waals surface area contributed by atoms with Gasteiger partial charge in [0.05, 0.1) is 16.5 Å². The van der Waals surface area contributed by atoms with Crippen molar-refractivity contribution >= 4 is 41.3 Å². The molecule has 0 saturated carbocycles. The minimum Gasteiger partial charge on any atom is -0.478 e. The van der Waals surface area contributed by atoms with Crippen molar-refractivity contribution in [3.63, 3.8) is 0 Å². The molecule has 2 aliphatic heterocycles. The lowest BCUT2D eigenvalue weighted by Crippen LogP contribution is -2.75. The number of amides is 3. The Balaban J connectivity index is 1.89. The van der Waals surface area contributed by atoms with Gasteiger partial charge in [0, 0.05) is 7.11 Å². The zero-order valence-electron chi connectivity index (χ0n) is 18.5. The van der Waals surface area contributed by atoms with Gasteiger partial charge in [0.2, 0.25) is 23.4 Å². The topological polar surface area (TPSA) is 163 Å². The summed E-state index contributed by atoms with van der Waals surface area (Å²) >= 11 is 1.31. The second kappa shape index (κ2) is 9.40. The van der Waals surface area contributed by atoms with E-state index in [4.69, 9.17) is 10.5 Å². The number of benzene rings is 1. The van der Waals surface area contributed by atoms with Crippen LogP contribution in [0.5, 0.6) is 0 Å². The van der Waals surface area contributed by atoms with E-state index < -0.39 is 34.2 Å². The average Bonchev–Trinajstić information content (AvgIpc) is 2.93. The number of aliphatic imine (C=N–C) groups is 1. The summed E-state index contributed by atoms with van der Waals surface area (Å²) in [6, 6.07) is 7.17. The number of fused-ring (bicyclic) bond motifs is 1. The van der Waals surface area contributed by atoms with Crippen molar-refractivity contribution in [2.45, 2.75) is 42.1 Å². The number of hydrogen-bond acceptors (Lipinski definition) is 7. The van der Waals surface area contributed by atoms with E-state index in [0.29, 0.717) is 5.56 Å². The van der Waals surface area contributed by atoms with Crippen molar-refractivity contribution in [2.75, 3.05) is 20.3 Å². The van der Waals surface area contributed by atoms with Crippen molar-refractivity contribution in [1.82, 2.24) is 15.5 Å². The number of hydrogen-bond donors (Lipinski definition) is 4. The largest absolute Gasteiger partial charge is 0.478 e. The average molecular weight is 478 g/mol. The molecule has 2 heterocycles. The summed E-state index contributed by atoms with van der Waals surface area (Å²) in [7, 11) is 1.44. The molecule has 3 rings (SSSR count). The molecule has 11 nitrogen and oxygen atoms in total. The lowest BCUT2D eigenvalue weighted by molar-refractivity contribution is -0.173. The summed E-state index contributed by atoms with van der Waals surface area (Å²) in [4.78, 5) is 55.9. The van der Waals surface area contributed by atoms with Crippen LogP contribution in [0.25, 0.3) is 0 Å². The molecule has 0 aliphatic carbocycles. The molecule has 0 radical (unpaired) electrons. The molecular weight excluding hydrogens is 450 g/mol. The number of ether oxygens (including phenoxy) is 1. The highest BCUT2D eigenvalue weighted by Gasteiger charge is 2.70. The fourth-order valence-electron chi connectivity index (χ4n) is 3.99. The van der Waals surface area contributed by atoms with Gasteiger partial charge < -0.3 is 26.2 Å². The van der Waals surface area contributed by atoms with E-state index >= 15 is 0 Å². The number of carboxylic acids is 1. The number of nitrogens with zero attached hydrogens (tertiary/aromatic N) is 2.